The van der Waals surface area contributed by atoms with Crippen molar-refractivity contribution in [1.82, 2.24) is 15.5 Å². The molecule has 1 rings (SSSR count). The van der Waals surface area contributed by atoms with Gasteiger partial charge in [0.25, 0.3) is 5.91 Å². The van der Waals surface area contributed by atoms with Crippen molar-refractivity contribution in [3.63, 3.8) is 0 Å². The Morgan fingerprint density at radius 3 is 2.80 bits per heavy atom. The van der Waals surface area contributed by atoms with E-state index in [1.165, 1.54) is 6.20 Å². The summed E-state index contributed by atoms with van der Waals surface area (Å²) in [5.74, 6) is -0.319. The highest BCUT2D eigenvalue weighted by Gasteiger charge is 2.11. The fourth-order valence-electron chi connectivity index (χ4n) is 1.77. The van der Waals surface area contributed by atoms with Crippen LogP contribution in [0, 0.1) is 11.3 Å². The Bertz CT molecular complexity index is 370. The molecule has 1 heterocycles. The number of carbonyl (C=O) groups is 1. The lowest BCUT2D eigenvalue weighted by atomic mass is 10.2. The molecule has 6 heteroatoms. The van der Waals surface area contributed by atoms with E-state index in [1.807, 2.05) is 19.9 Å². The minimum Gasteiger partial charge on any atom is -0.388 e. The van der Waals surface area contributed by atoms with Crippen LogP contribution in [0.3, 0.4) is 0 Å². The minimum absolute atomic E-state index is 0.0765. The van der Waals surface area contributed by atoms with Crippen molar-refractivity contribution in [3.8, 4) is 6.07 Å². The molecule has 6 nitrogen and oxygen atoms in total. The molecule has 1 aliphatic heterocycles. The predicted molar refractivity (Wildman–Crippen MR) is 76.9 cm³/mol. The molecule has 0 aromatic carbocycles. The van der Waals surface area contributed by atoms with Crippen LogP contribution >= 0.6 is 0 Å². The summed E-state index contributed by atoms with van der Waals surface area (Å²) >= 11 is 0. The highest BCUT2D eigenvalue weighted by Crippen LogP contribution is 1.96. The normalized spacial score (nSPS) is 18.1. The third-order valence-electron chi connectivity index (χ3n) is 3.28. The molecule has 0 radical (unpaired) electrons. The molecule has 1 unspecified atom stereocenters. The van der Waals surface area contributed by atoms with Gasteiger partial charge < -0.3 is 15.4 Å². The van der Waals surface area contributed by atoms with E-state index in [0.717, 1.165) is 39.3 Å². The molecule has 112 valence electrons. The molecular formula is C14H24N4O2. The summed E-state index contributed by atoms with van der Waals surface area (Å²) in [6.07, 6.45) is 2.34. The van der Waals surface area contributed by atoms with Crippen molar-refractivity contribution < 1.29 is 9.53 Å². The number of nitriles is 1. The maximum absolute atomic E-state index is 11.8. The first kappa shape index (κ1) is 16.5. The predicted octanol–water partition coefficient (Wildman–Crippen LogP) is 0.230. The van der Waals surface area contributed by atoms with Gasteiger partial charge in [0, 0.05) is 38.4 Å². The van der Waals surface area contributed by atoms with Gasteiger partial charge in [-0.1, -0.05) is 6.92 Å². The monoisotopic (exact) mass is 280 g/mol. The SMILES string of the molecule is CCC(C)NC(=O)/C(C#N)=C\NCCN1CCOCC1. The van der Waals surface area contributed by atoms with Crippen LogP contribution in [-0.4, -0.2) is 56.2 Å². The average molecular weight is 280 g/mol. The molecule has 0 spiro atoms. The molecule has 0 aromatic heterocycles. The van der Waals surface area contributed by atoms with E-state index >= 15 is 0 Å². The molecule has 0 aliphatic carbocycles. The number of rotatable bonds is 7. The number of morpholine rings is 1. The van der Waals surface area contributed by atoms with Crippen molar-refractivity contribution in [2.45, 2.75) is 26.3 Å². The molecule has 1 fully saturated rings. The fraction of sp³-hybridized carbons (Fsp3) is 0.714. The lowest BCUT2D eigenvalue weighted by Crippen LogP contribution is -2.39. The number of amides is 1. The molecule has 1 amide bonds. The van der Waals surface area contributed by atoms with E-state index in [0.29, 0.717) is 6.54 Å². The van der Waals surface area contributed by atoms with Crippen molar-refractivity contribution in [3.05, 3.63) is 11.8 Å². The van der Waals surface area contributed by atoms with Gasteiger partial charge >= 0.3 is 0 Å². The van der Waals surface area contributed by atoms with Crippen LogP contribution in [-0.2, 0) is 9.53 Å². The lowest BCUT2D eigenvalue weighted by Gasteiger charge is -2.26. The van der Waals surface area contributed by atoms with Gasteiger partial charge in [-0.15, -0.1) is 0 Å². The molecule has 1 aliphatic rings. The molecular weight excluding hydrogens is 256 g/mol. The Hall–Kier alpha value is -1.58. The van der Waals surface area contributed by atoms with Crippen LogP contribution in [0.2, 0.25) is 0 Å². The highest BCUT2D eigenvalue weighted by atomic mass is 16.5. The fourth-order valence-corrected chi connectivity index (χ4v) is 1.77. The van der Waals surface area contributed by atoms with Gasteiger partial charge in [-0.05, 0) is 13.3 Å². The van der Waals surface area contributed by atoms with Gasteiger partial charge in [0.2, 0.25) is 0 Å². The van der Waals surface area contributed by atoms with Crippen LogP contribution in [0.1, 0.15) is 20.3 Å². The van der Waals surface area contributed by atoms with Gasteiger partial charge in [0.05, 0.1) is 13.2 Å². The first-order valence-corrected chi connectivity index (χ1v) is 7.12. The maximum atomic E-state index is 11.8. The van der Waals surface area contributed by atoms with E-state index < -0.39 is 0 Å². The van der Waals surface area contributed by atoms with Crippen LogP contribution in [0.5, 0.6) is 0 Å². The molecule has 0 bridgehead atoms. The highest BCUT2D eigenvalue weighted by molar-refractivity contribution is 5.97. The largest absolute Gasteiger partial charge is 0.388 e. The Kier molecular flexibility index (Phi) is 7.70. The van der Waals surface area contributed by atoms with E-state index in [4.69, 9.17) is 10.00 Å². The number of hydrogen-bond donors (Lipinski definition) is 2. The van der Waals surface area contributed by atoms with E-state index in [-0.39, 0.29) is 17.5 Å². The van der Waals surface area contributed by atoms with Crippen LogP contribution < -0.4 is 10.6 Å². The standard InChI is InChI=1S/C14H24N4O2/c1-3-12(2)17-14(19)13(10-15)11-16-4-5-18-6-8-20-9-7-18/h11-12,16H,3-9H2,1-2H3,(H,17,19)/b13-11-. The number of nitrogens with zero attached hydrogens (tertiary/aromatic N) is 2. The zero-order chi connectivity index (χ0) is 14.8. The Morgan fingerprint density at radius 1 is 1.50 bits per heavy atom. The van der Waals surface area contributed by atoms with Crippen molar-refractivity contribution in [1.29, 1.82) is 5.26 Å². The van der Waals surface area contributed by atoms with Crippen molar-refractivity contribution >= 4 is 5.91 Å². The van der Waals surface area contributed by atoms with Crippen molar-refractivity contribution in [2.24, 2.45) is 0 Å². The second-order valence-corrected chi connectivity index (χ2v) is 4.86. The molecule has 0 saturated carbocycles. The zero-order valence-electron chi connectivity index (χ0n) is 12.3. The molecule has 1 atom stereocenters. The third-order valence-corrected chi connectivity index (χ3v) is 3.28. The van der Waals surface area contributed by atoms with Crippen LogP contribution in [0.4, 0.5) is 0 Å². The quantitative estimate of drug-likeness (QED) is 0.396. The van der Waals surface area contributed by atoms with Crippen LogP contribution in [0.25, 0.3) is 0 Å². The Morgan fingerprint density at radius 2 is 2.20 bits per heavy atom. The minimum atomic E-state index is -0.319. The Balaban J connectivity index is 2.30. The average Bonchev–Trinajstić information content (AvgIpc) is 2.48. The maximum Gasteiger partial charge on any atom is 0.263 e. The summed E-state index contributed by atoms with van der Waals surface area (Å²) in [5.41, 5.74) is 0.118. The third kappa shape index (κ3) is 6.04. The van der Waals surface area contributed by atoms with Crippen LogP contribution in [0.15, 0.2) is 11.8 Å². The first-order chi connectivity index (χ1) is 9.67. The summed E-state index contributed by atoms with van der Waals surface area (Å²) in [6.45, 7) is 8.91. The van der Waals surface area contributed by atoms with Gasteiger partial charge in [0.15, 0.2) is 0 Å². The second-order valence-electron chi connectivity index (χ2n) is 4.86. The summed E-state index contributed by atoms with van der Waals surface area (Å²) in [5, 5.41) is 14.8. The summed E-state index contributed by atoms with van der Waals surface area (Å²) in [6, 6.07) is 2.00. The number of ether oxygens (including phenoxy) is 1. The Labute approximate surface area is 120 Å². The first-order valence-electron chi connectivity index (χ1n) is 7.12. The number of nitrogens with one attached hydrogen (secondary N) is 2. The molecule has 2 N–H and O–H groups in total. The second kappa shape index (κ2) is 9.34. The molecule has 1 saturated heterocycles. The summed E-state index contributed by atoms with van der Waals surface area (Å²) in [4.78, 5) is 14.1. The summed E-state index contributed by atoms with van der Waals surface area (Å²) < 4.78 is 5.27. The molecule has 0 aromatic rings. The van der Waals surface area contributed by atoms with E-state index in [9.17, 15) is 4.79 Å². The van der Waals surface area contributed by atoms with Gasteiger partial charge in [-0.2, -0.15) is 5.26 Å². The van der Waals surface area contributed by atoms with Gasteiger partial charge in [0.1, 0.15) is 11.6 Å². The van der Waals surface area contributed by atoms with Crippen molar-refractivity contribution in [2.75, 3.05) is 39.4 Å². The van der Waals surface area contributed by atoms with Gasteiger partial charge in [-0.3, -0.25) is 9.69 Å². The summed E-state index contributed by atoms with van der Waals surface area (Å²) in [7, 11) is 0. The van der Waals surface area contributed by atoms with E-state index in [2.05, 4.69) is 15.5 Å². The zero-order valence-corrected chi connectivity index (χ0v) is 12.3. The van der Waals surface area contributed by atoms with Gasteiger partial charge in [-0.25, -0.2) is 0 Å². The lowest BCUT2D eigenvalue weighted by molar-refractivity contribution is -0.117. The molecule has 20 heavy (non-hydrogen) atoms. The number of hydrogen-bond acceptors (Lipinski definition) is 5. The van der Waals surface area contributed by atoms with E-state index in [1.54, 1.807) is 0 Å². The number of carbonyl (C=O) groups excluding carboxylic acids is 1. The topological polar surface area (TPSA) is 77.4 Å². The smallest absolute Gasteiger partial charge is 0.263 e.